The van der Waals surface area contributed by atoms with Gasteiger partial charge in [-0.3, -0.25) is 9.52 Å². The van der Waals surface area contributed by atoms with Gasteiger partial charge in [0.25, 0.3) is 5.91 Å². The van der Waals surface area contributed by atoms with Gasteiger partial charge < -0.3 is 10.2 Å². The third-order valence-electron chi connectivity index (χ3n) is 4.30. The number of anilines is 2. The predicted molar refractivity (Wildman–Crippen MR) is 111 cm³/mol. The Balaban J connectivity index is 2.00. The second-order valence-electron chi connectivity index (χ2n) is 6.43. The van der Waals surface area contributed by atoms with Gasteiger partial charge in [0.1, 0.15) is 0 Å². The molecule has 2 aromatic carbocycles. The highest BCUT2D eigenvalue weighted by atomic mass is 32.2. The van der Waals surface area contributed by atoms with Crippen molar-refractivity contribution in [3.05, 3.63) is 59.2 Å². The minimum absolute atomic E-state index is 0.197. The maximum atomic E-state index is 12.4. The van der Waals surface area contributed by atoms with Crippen molar-refractivity contribution < 1.29 is 13.2 Å². The van der Waals surface area contributed by atoms with Gasteiger partial charge in [0.15, 0.2) is 0 Å². The van der Waals surface area contributed by atoms with E-state index in [2.05, 4.69) is 40.9 Å². The first kappa shape index (κ1) is 20.8. The van der Waals surface area contributed by atoms with Crippen LogP contribution in [0, 0.1) is 6.92 Å². The predicted octanol–water partition coefficient (Wildman–Crippen LogP) is 3.14. The number of aryl methyl sites for hydroxylation is 1. The lowest BCUT2D eigenvalue weighted by molar-refractivity contribution is 0.0951. The van der Waals surface area contributed by atoms with Gasteiger partial charge in [0.05, 0.1) is 11.9 Å². The fourth-order valence-corrected chi connectivity index (χ4v) is 3.45. The van der Waals surface area contributed by atoms with Gasteiger partial charge in [-0.05, 0) is 62.2 Å². The van der Waals surface area contributed by atoms with E-state index in [9.17, 15) is 13.2 Å². The minimum Gasteiger partial charge on any atom is -0.372 e. The van der Waals surface area contributed by atoms with Crippen LogP contribution in [-0.4, -0.2) is 33.7 Å². The Morgan fingerprint density at radius 2 is 1.67 bits per heavy atom. The van der Waals surface area contributed by atoms with Crippen molar-refractivity contribution in [2.24, 2.45) is 0 Å². The molecule has 146 valence electrons. The molecule has 0 atom stereocenters. The van der Waals surface area contributed by atoms with Crippen LogP contribution in [0.4, 0.5) is 11.4 Å². The zero-order chi connectivity index (χ0) is 20.0. The van der Waals surface area contributed by atoms with Crippen molar-refractivity contribution in [3.8, 4) is 0 Å². The summed E-state index contributed by atoms with van der Waals surface area (Å²) in [4.78, 5) is 14.6. The van der Waals surface area contributed by atoms with Crippen LogP contribution >= 0.6 is 0 Å². The van der Waals surface area contributed by atoms with Crippen molar-refractivity contribution in [1.29, 1.82) is 0 Å². The van der Waals surface area contributed by atoms with Crippen LogP contribution in [-0.2, 0) is 16.6 Å². The molecule has 7 heteroatoms. The zero-order valence-electron chi connectivity index (χ0n) is 16.2. The summed E-state index contributed by atoms with van der Waals surface area (Å²) in [5.74, 6) is -0.197. The van der Waals surface area contributed by atoms with E-state index in [0.717, 1.165) is 24.9 Å². The van der Waals surface area contributed by atoms with E-state index in [-0.39, 0.29) is 5.91 Å². The van der Waals surface area contributed by atoms with Crippen LogP contribution in [0.1, 0.15) is 35.3 Å². The Morgan fingerprint density at radius 1 is 1.04 bits per heavy atom. The molecule has 27 heavy (non-hydrogen) atoms. The molecule has 0 aromatic heterocycles. The van der Waals surface area contributed by atoms with Gasteiger partial charge >= 0.3 is 0 Å². The molecule has 2 N–H and O–H groups in total. The number of amides is 1. The summed E-state index contributed by atoms with van der Waals surface area (Å²) < 4.78 is 25.1. The average Bonchev–Trinajstić information content (AvgIpc) is 2.62. The number of carbonyl (C=O) groups is 1. The Hall–Kier alpha value is -2.54. The van der Waals surface area contributed by atoms with Crippen LogP contribution in [0.25, 0.3) is 0 Å². The lowest BCUT2D eigenvalue weighted by Crippen LogP contribution is -2.23. The van der Waals surface area contributed by atoms with E-state index in [4.69, 9.17) is 0 Å². The molecule has 1 amide bonds. The lowest BCUT2D eigenvalue weighted by Gasteiger charge is -2.21. The van der Waals surface area contributed by atoms with E-state index in [1.54, 1.807) is 25.1 Å². The van der Waals surface area contributed by atoms with E-state index >= 15 is 0 Å². The maximum Gasteiger partial charge on any atom is 0.251 e. The van der Waals surface area contributed by atoms with Crippen LogP contribution in [0.2, 0.25) is 0 Å². The number of rotatable bonds is 8. The first-order valence-electron chi connectivity index (χ1n) is 8.94. The Kier molecular flexibility index (Phi) is 6.85. The highest BCUT2D eigenvalue weighted by Gasteiger charge is 2.10. The lowest BCUT2D eigenvalue weighted by atomic mass is 10.1. The topological polar surface area (TPSA) is 78.5 Å². The largest absolute Gasteiger partial charge is 0.372 e. The molecule has 0 saturated heterocycles. The fraction of sp³-hybridized carbons (Fsp3) is 0.350. The fourth-order valence-electron chi connectivity index (χ4n) is 2.82. The van der Waals surface area contributed by atoms with E-state index in [1.807, 2.05) is 12.1 Å². The summed E-state index contributed by atoms with van der Waals surface area (Å²) in [7, 11) is -3.35. The van der Waals surface area contributed by atoms with Crippen molar-refractivity contribution in [3.63, 3.8) is 0 Å². The van der Waals surface area contributed by atoms with Crippen LogP contribution in [0.15, 0.2) is 42.5 Å². The second-order valence-corrected chi connectivity index (χ2v) is 8.17. The average molecular weight is 390 g/mol. The van der Waals surface area contributed by atoms with E-state index in [0.29, 0.717) is 23.4 Å². The number of benzene rings is 2. The number of hydrogen-bond donors (Lipinski definition) is 2. The molecule has 6 nitrogen and oxygen atoms in total. The molecule has 0 saturated carbocycles. The van der Waals surface area contributed by atoms with E-state index < -0.39 is 10.0 Å². The summed E-state index contributed by atoms with van der Waals surface area (Å²) in [6.07, 6.45) is 1.10. The maximum absolute atomic E-state index is 12.4. The SMILES string of the molecule is CCN(CC)c1ccc(CNC(=O)c2ccc(NS(C)(=O)=O)c(C)c2)cc1. The van der Waals surface area contributed by atoms with Crippen molar-refractivity contribution in [2.45, 2.75) is 27.3 Å². The summed E-state index contributed by atoms with van der Waals surface area (Å²) >= 11 is 0. The standard InChI is InChI=1S/C20H27N3O3S/c1-5-23(6-2)18-10-7-16(8-11-18)14-21-20(24)17-9-12-19(15(3)13-17)22-27(4,25)26/h7-13,22H,5-6,14H2,1-4H3,(H,21,24). The first-order chi connectivity index (χ1) is 12.7. The Labute approximate surface area is 161 Å². The first-order valence-corrected chi connectivity index (χ1v) is 10.8. The second kappa shape index (κ2) is 8.90. The molecule has 0 spiro atoms. The Bertz CT molecular complexity index is 889. The molecule has 0 aliphatic rings. The van der Waals surface area contributed by atoms with Crippen LogP contribution in [0.3, 0.4) is 0 Å². The summed E-state index contributed by atoms with van der Waals surface area (Å²) in [6, 6.07) is 13.0. The molecule has 0 radical (unpaired) electrons. The normalized spacial score (nSPS) is 11.1. The number of nitrogens with zero attached hydrogens (tertiary/aromatic N) is 1. The van der Waals surface area contributed by atoms with Crippen molar-refractivity contribution in [2.75, 3.05) is 29.0 Å². The summed E-state index contributed by atoms with van der Waals surface area (Å²) in [5.41, 5.74) is 3.84. The van der Waals surface area contributed by atoms with Crippen molar-refractivity contribution >= 4 is 27.3 Å². The molecule has 0 fully saturated rings. The number of hydrogen-bond acceptors (Lipinski definition) is 4. The molecule has 0 bridgehead atoms. The molecule has 0 aliphatic heterocycles. The van der Waals surface area contributed by atoms with Gasteiger partial charge in [0.2, 0.25) is 10.0 Å². The highest BCUT2D eigenvalue weighted by molar-refractivity contribution is 7.92. The minimum atomic E-state index is -3.35. The molecule has 0 aliphatic carbocycles. The smallest absolute Gasteiger partial charge is 0.251 e. The third-order valence-corrected chi connectivity index (χ3v) is 4.89. The van der Waals surface area contributed by atoms with Gasteiger partial charge in [0, 0.05) is 30.9 Å². The monoisotopic (exact) mass is 389 g/mol. The van der Waals surface area contributed by atoms with Gasteiger partial charge in [-0.1, -0.05) is 12.1 Å². The Morgan fingerprint density at radius 3 is 2.19 bits per heavy atom. The van der Waals surface area contributed by atoms with Gasteiger partial charge in [-0.25, -0.2) is 8.42 Å². The summed E-state index contributed by atoms with van der Waals surface area (Å²) in [6.45, 7) is 8.34. The van der Waals surface area contributed by atoms with E-state index in [1.165, 1.54) is 5.69 Å². The third kappa shape index (κ3) is 5.99. The molecule has 2 aromatic rings. The van der Waals surface area contributed by atoms with Crippen molar-refractivity contribution in [1.82, 2.24) is 5.32 Å². The van der Waals surface area contributed by atoms with Crippen LogP contribution in [0.5, 0.6) is 0 Å². The van der Waals surface area contributed by atoms with Gasteiger partial charge in [-0.2, -0.15) is 0 Å². The van der Waals surface area contributed by atoms with Crippen LogP contribution < -0.4 is 14.9 Å². The molecular weight excluding hydrogens is 362 g/mol. The number of sulfonamides is 1. The number of carbonyl (C=O) groups excluding carboxylic acids is 1. The zero-order valence-corrected chi connectivity index (χ0v) is 17.1. The number of nitrogens with one attached hydrogen (secondary N) is 2. The quantitative estimate of drug-likeness (QED) is 0.727. The molecule has 0 unspecified atom stereocenters. The molecule has 2 rings (SSSR count). The van der Waals surface area contributed by atoms with Gasteiger partial charge in [-0.15, -0.1) is 0 Å². The highest BCUT2D eigenvalue weighted by Crippen LogP contribution is 2.18. The molecule has 0 heterocycles. The summed E-state index contributed by atoms with van der Waals surface area (Å²) in [5, 5.41) is 2.90. The molecular formula is C20H27N3O3S.